The van der Waals surface area contributed by atoms with Crippen LogP contribution in [0.3, 0.4) is 0 Å². The number of likely N-dealkylation sites (tertiary alicyclic amines) is 1. The van der Waals surface area contributed by atoms with Crippen LogP contribution in [0.25, 0.3) is 0 Å². The summed E-state index contributed by atoms with van der Waals surface area (Å²) < 4.78 is 6.37. The molecule has 144 valence electrons. The number of hydroxylamine groups is 1. The Morgan fingerprint density at radius 3 is 2.89 bits per heavy atom. The molecule has 3 aliphatic heterocycles. The van der Waals surface area contributed by atoms with Crippen molar-refractivity contribution in [1.29, 1.82) is 0 Å². The number of hydrogen-bond donors (Lipinski definition) is 1. The number of aliphatic hydroxyl groups excluding tert-OH is 1. The van der Waals surface area contributed by atoms with E-state index in [9.17, 15) is 9.90 Å². The average molecular weight is 370 g/mol. The van der Waals surface area contributed by atoms with E-state index < -0.39 is 11.5 Å². The molecule has 5 aliphatic rings. The third-order valence-corrected chi connectivity index (χ3v) is 8.62. The highest BCUT2D eigenvalue weighted by Gasteiger charge is 2.82. The van der Waals surface area contributed by atoms with E-state index in [0.29, 0.717) is 18.4 Å². The van der Waals surface area contributed by atoms with Gasteiger partial charge in [0.15, 0.2) is 0 Å². The number of amides is 1. The van der Waals surface area contributed by atoms with Gasteiger partial charge in [-0.2, -0.15) is 5.06 Å². The molecule has 3 heterocycles. The molecule has 2 aliphatic carbocycles. The molecular formula is C21H26N2O4. The first-order chi connectivity index (χ1) is 13.0. The van der Waals surface area contributed by atoms with Crippen LogP contribution in [0.5, 0.6) is 0 Å². The van der Waals surface area contributed by atoms with Gasteiger partial charge in [-0.05, 0) is 37.9 Å². The number of para-hydroxylation sites is 1. The maximum atomic E-state index is 14.0. The molecule has 1 aromatic rings. The van der Waals surface area contributed by atoms with E-state index in [2.05, 4.69) is 18.0 Å². The SMILES string of the molecule is CON1C(=O)[C@]2(c3ccccc31)[C@H]1C[C@H]3[C@@H](CO1)[C@H]1[C@@H]2[C@]3([C@H](C)O)CN1C. The molecule has 5 bridgehead atoms. The van der Waals surface area contributed by atoms with Gasteiger partial charge >= 0.3 is 0 Å². The molecule has 6 rings (SSSR count). The summed E-state index contributed by atoms with van der Waals surface area (Å²) in [5, 5.41) is 12.5. The van der Waals surface area contributed by atoms with E-state index in [1.807, 2.05) is 25.1 Å². The Hall–Kier alpha value is -1.47. The molecule has 6 heteroatoms. The van der Waals surface area contributed by atoms with E-state index >= 15 is 0 Å². The number of anilines is 1. The summed E-state index contributed by atoms with van der Waals surface area (Å²) in [6, 6.07) is 8.23. The van der Waals surface area contributed by atoms with Crippen molar-refractivity contribution in [3.8, 4) is 0 Å². The number of nitrogens with zero attached hydrogens (tertiary/aromatic N) is 2. The van der Waals surface area contributed by atoms with Crippen LogP contribution in [0.2, 0.25) is 0 Å². The second kappa shape index (κ2) is 4.92. The minimum Gasteiger partial charge on any atom is -0.393 e. The van der Waals surface area contributed by atoms with Gasteiger partial charge in [0.2, 0.25) is 0 Å². The number of hydrogen-bond acceptors (Lipinski definition) is 5. The largest absolute Gasteiger partial charge is 0.393 e. The maximum Gasteiger partial charge on any atom is 0.264 e. The van der Waals surface area contributed by atoms with E-state index in [1.54, 1.807) is 7.11 Å². The Kier molecular flexibility index (Phi) is 3.00. The molecule has 2 saturated heterocycles. The van der Waals surface area contributed by atoms with Crippen molar-refractivity contribution in [1.82, 2.24) is 4.90 Å². The maximum absolute atomic E-state index is 14.0. The minimum atomic E-state index is -0.777. The molecule has 0 radical (unpaired) electrons. The third kappa shape index (κ3) is 1.49. The predicted octanol–water partition coefficient (Wildman–Crippen LogP) is 1.18. The molecule has 1 spiro atoms. The quantitative estimate of drug-likeness (QED) is 0.847. The molecule has 1 N–H and O–H groups in total. The standard InChI is InChI=1S/C21H26N2O4/c1-11(24)20-10-22(2)17-12-9-27-16(8-14(12)20)21(18(17)20)13-6-4-5-7-15(13)23(26-3)19(21)25/h4-7,11-12,14,16-18,24H,8-10H2,1-3H3/t11-,12+,14-,16+,17-,18+,20-,21+/m0/s1. The van der Waals surface area contributed by atoms with Crippen molar-refractivity contribution in [3.05, 3.63) is 29.8 Å². The molecule has 0 aromatic heterocycles. The van der Waals surface area contributed by atoms with Crippen molar-refractivity contribution in [2.75, 3.05) is 32.4 Å². The van der Waals surface area contributed by atoms with Crippen LogP contribution in [0, 0.1) is 23.2 Å². The summed E-state index contributed by atoms with van der Waals surface area (Å²) in [6.45, 7) is 3.45. The van der Waals surface area contributed by atoms with Gasteiger partial charge < -0.3 is 14.7 Å². The van der Waals surface area contributed by atoms with Crippen LogP contribution in [0.4, 0.5) is 5.69 Å². The lowest BCUT2D eigenvalue weighted by Gasteiger charge is -2.56. The molecule has 2 saturated carbocycles. The van der Waals surface area contributed by atoms with E-state index in [-0.39, 0.29) is 29.4 Å². The smallest absolute Gasteiger partial charge is 0.264 e. The summed E-state index contributed by atoms with van der Waals surface area (Å²) in [5.74, 6) is 0.827. The Bertz CT molecular complexity index is 843. The van der Waals surface area contributed by atoms with Crippen LogP contribution in [0.1, 0.15) is 18.9 Å². The zero-order valence-corrected chi connectivity index (χ0v) is 16.0. The number of rotatable bonds is 2. The van der Waals surface area contributed by atoms with Gasteiger partial charge in [-0.1, -0.05) is 18.2 Å². The number of carbonyl (C=O) groups excluding carboxylic acids is 1. The first-order valence-corrected chi connectivity index (χ1v) is 9.97. The van der Waals surface area contributed by atoms with Crippen LogP contribution < -0.4 is 5.06 Å². The molecule has 6 nitrogen and oxygen atoms in total. The fourth-order valence-electron chi connectivity index (χ4n) is 8.00. The van der Waals surface area contributed by atoms with Gasteiger partial charge in [0.1, 0.15) is 5.41 Å². The third-order valence-electron chi connectivity index (χ3n) is 8.62. The van der Waals surface area contributed by atoms with Gasteiger partial charge in [0.25, 0.3) is 5.91 Å². The molecule has 0 unspecified atom stereocenters. The van der Waals surface area contributed by atoms with Crippen LogP contribution >= 0.6 is 0 Å². The fraction of sp³-hybridized carbons (Fsp3) is 0.667. The van der Waals surface area contributed by atoms with Gasteiger partial charge in [0.05, 0.1) is 31.6 Å². The lowest BCUT2D eigenvalue weighted by molar-refractivity contribution is -0.182. The lowest BCUT2D eigenvalue weighted by Crippen LogP contribution is -2.65. The topological polar surface area (TPSA) is 62.2 Å². The molecule has 27 heavy (non-hydrogen) atoms. The van der Waals surface area contributed by atoms with Crippen LogP contribution in [-0.4, -0.2) is 61.5 Å². The van der Waals surface area contributed by atoms with Crippen molar-refractivity contribution in [3.63, 3.8) is 0 Å². The lowest BCUT2D eigenvalue weighted by atomic mass is 9.50. The molecule has 4 fully saturated rings. The summed E-state index contributed by atoms with van der Waals surface area (Å²) >= 11 is 0. The second-order valence-corrected chi connectivity index (χ2v) is 9.17. The summed E-state index contributed by atoms with van der Waals surface area (Å²) in [4.78, 5) is 21.9. The Labute approximate surface area is 159 Å². The predicted molar refractivity (Wildman–Crippen MR) is 98.0 cm³/mol. The number of carbonyl (C=O) groups is 1. The van der Waals surface area contributed by atoms with Crippen LogP contribution in [0.15, 0.2) is 24.3 Å². The zero-order valence-electron chi connectivity index (χ0n) is 16.0. The van der Waals surface area contributed by atoms with Crippen LogP contribution in [-0.2, 0) is 19.8 Å². The second-order valence-electron chi connectivity index (χ2n) is 9.17. The highest BCUT2D eigenvalue weighted by molar-refractivity contribution is 6.08. The minimum absolute atomic E-state index is 0.0208. The van der Waals surface area contributed by atoms with Gasteiger partial charge in [0, 0.05) is 29.8 Å². The number of fused-ring (bicyclic) bond motifs is 5. The zero-order chi connectivity index (χ0) is 18.7. The number of benzene rings is 1. The van der Waals surface area contributed by atoms with Gasteiger partial charge in [-0.15, -0.1) is 0 Å². The van der Waals surface area contributed by atoms with Crippen molar-refractivity contribution in [2.24, 2.45) is 23.2 Å². The van der Waals surface area contributed by atoms with E-state index in [0.717, 1.165) is 24.2 Å². The number of ether oxygens (including phenoxy) is 1. The first kappa shape index (κ1) is 16.5. The highest BCUT2D eigenvalue weighted by Crippen LogP contribution is 2.74. The average Bonchev–Trinajstić information content (AvgIpc) is 3.14. The number of aliphatic hydroxyl groups is 1. The van der Waals surface area contributed by atoms with Gasteiger partial charge in [-0.25, -0.2) is 0 Å². The summed E-state index contributed by atoms with van der Waals surface area (Å²) in [5.41, 5.74) is 0.792. The monoisotopic (exact) mass is 370 g/mol. The highest BCUT2D eigenvalue weighted by atomic mass is 16.7. The summed E-state index contributed by atoms with van der Waals surface area (Å²) in [6.07, 6.45) is 0.229. The van der Waals surface area contributed by atoms with Crippen molar-refractivity contribution < 1.29 is 19.5 Å². The molecule has 1 aromatic carbocycles. The first-order valence-electron chi connectivity index (χ1n) is 9.97. The molecular weight excluding hydrogens is 344 g/mol. The summed E-state index contributed by atoms with van der Waals surface area (Å²) in [7, 11) is 3.70. The Balaban J connectivity index is 1.67. The molecule has 8 atom stereocenters. The fourth-order valence-corrected chi connectivity index (χ4v) is 8.00. The van der Waals surface area contributed by atoms with Crippen molar-refractivity contribution in [2.45, 2.75) is 37.0 Å². The van der Waals surface area contributed by atoms with Crippen molar-refractivity contribution >= 4 is 11.6 Å². The van der Waals surface area contributed by atoms with Gasteiger partial charge in [-0.3, -0.25) is 9.63 Å². The Morgan fingerprint density at radius 2 is 2.15 bits per heavy atom. The van der Waals surface area contributed by atoms with E-state index in [4.69, 9.17) is 9.57 Å². The molecule has 1 amide bonds. The van der Waals surface area contributed by atoms with E-state index in [1.165, 1.54) is 5.06 Å². The Morgan fingerprint density at radius 1 is 1.37 bits per heavy atom. The normalized spacial score (nSPS) is 47.9. The number of piperidine rings is 1.